The molecule has 3 amide bonds. The van der Waals surface area contributed by atoms with Crippen LogP contribution in [0.4, 0.5) is 13.2 Å². The molecule has 1 saturated heterocycles. The first kappa shape index (κ1) is 24.2. The number of likely N-dealkylation sites (tertiary alicyclic amines) is 1. The minimum atomic E-state index is -4.63. The van der Waals surface area contributed by atoms with Gasteiger partial charge in [-0.2, -0.15) is 13.2 Å². The van der Waals surface area contributed by atoms with Crippen LogP contribution in [0.25, 0.3) is 11.0 Å². The van der Waals surface area contributed by atoms with Crippen molar-refractivity contribution in [2.24, 2.45) is 5.92 Å². The first-order valence-electron chi connectivity index (χ1n) is 10.7. The van der Waals surface area contributed by atoms with Crippen molar-refractivity contribution in [3.8, 4) is 0 Å². The third kappa shape index (κ3) is 4.97. The lowest BCUT2D eigenvalue weighted by Gasteiger charge is -2.18. The average molecular weight is 489 g/mol. The minimum absolute atomic E-state index is 0.0476. The number of amides is 3. The van der Waals surface area contributed by atoms with Gasteiger partial charge in [0.25, 0.3) is 5.91 Å². The summed E-state index contributed by atoms with van der Waals surface area (Å²) in [7, 11) is 0. The topological polar surface area (TPSA) is 117 Å². The number of imidazole rings is 1. The lowest BCUT2D eigenvalue weighted by molar-refractivity contribution is -0.146. The summed E-state index contributed by atoms with van der Waals surface area (Å²) >= 11 is 0. The standard InChI is InChI=1S/C23H22F3N5O4/c1-13(32)30-11-16(21(34)29-35)18(12-30)27-20(33)15-8-6-14(7-9-15)10-31-19-5-3-2-4-17(19)28-22(31)23(24,25)26/h2-9,16,18,35H,10-12H2,1H3,(H,27,33)(H,29,34)/t16-,18+/m0/s1. The van der Waals surface area contributed by atoms with Gasteiger partial charge in [-0.3, -0.25) is 19.6 Å². The van der Waals surface area contributed by atoms with Crippen molar-refractivity contribution in [2.45, 2.75) is 25.7 Å². The highest BCUT2D eigenvalue weighted by Crippen LogP contribution is 2.32. The number of nitrogens with zero attached hydrogens (tertiary/aromatic N) is 3. The van der Waals surface area contributed by atoms with Crippen LogP contribution in [-0.4, -0.2) is 56.5 Å². The summed E-state index contributed by atoms with van der Waals surface area (Å²) in [5, 5.41) is 11.7. The number of carbonyl (C=O) groups is 3. The molecule has 4 rings (SSSR count). The van der Waals surface area contributed by atoms with Gasteiger partial charge in [0.2, 0.25) is 17.6 Å². The number of hydroxylamine groups is 1. The molecule has 2 aromatic carbocycles. The van der Waals surface area contributed by atoms with Crippen molar-refractivity contribution in [3.05, 3.63) is 65.5 Å². The van der Waals surface area contributed by atoms with Gasteiger partial charge in [-0.25, -0.2) is 10.5 Å². The second-order valence-electron chi connectivity index (χ2n) is 8.29. The van der Waals surface area contributed by atoms with Crippen LogP contribution in [0.15, 0.2) is 48.5 Å². The highest BCUT2D eigenvalue weighted by atomic mass is 19.4. The van der Waals surface area contributed by atoms with E-state index in [4.69, 9.17) is 5.21 Å². The van der Waals surface area contributed by atoms with Crippen LogP contribution in [0.2, 0.25) is 0 Å². The fourth-order valence-electron chi connectivity index (χ4n) is 4.20. The van der Waals surface area contributed by atoms with Crippen LogP contribution in [0.5, 0.6) is 0 Å². The molecule has 184 valence electrons. The zero-order valence-corrected chi connectivity index (χ0v) is 18.5. The lowest BCUT2D eigenvalue weighted by Crippen LogP contribution is -2.45. The maximum Gasteiger partial charge on any atom is 0.449 e. The molecular formula is C23H22F3N5O4. The number of para-hydroxylation sites is 2. The fourth-order valence-corrected chi connectivity index (χ4v) is 4.20. The zero-order valence-electron chi connectivity index (χ0n) is 18.5. The first-order valence-corrected chi connectivity index (χ1v) is 10.7. The number of fused-ring (bicyclic) bond motifs is 1. The molecule has 3 aromatic rings. The van der Waals surface area contributed by atoms with Gasteiger partial charge in [-0.1, -0.05) is 24.3 Å². The van der Waals surface area contributed by atoms with Gasteiger partial charge >= 0.3 is 6.18 Å². The number of hydrogen-bond donors (Lipinski definition) is 3. The number of hydrogen-bond acceptors (Lipinski definition) is 5. The molecule has 0 unspecified atom stereocenters. The molecular weight excluding hydrogens is 467 g/mol. The van der Waals surface area contributed by atoms with E-state index in [1.54, 1.807) is 23.7 Å². The van der Waals surface area contributed by atoms with E-state index in [2.05, 4.69) is 10.3 Å². The second kappa shape index (κ2) is 9.37. The number of rotatable bonds is 5. The van der Waals surface area contributed by atoms with E-state index < -0.39 is 35.8 Å². The van der Waals surface area contributed by atoms with Crippen LogP contribution >= 0.6 is 0 Å². The van der Waals surface area contributed by atoms with Gasteiger partial charge < -0.3 is 14.8 Å². The van der Waals surface area contributed by atoms with Crippen molar-refractivity contribution in [2.75, 3.05) is 13.1 Å². The molecule has 9 nitrogen and oxygen atoms in total. The van der Waals surface area contributed by atoms with Crippen molar-refractivity contribution < 1.29 is 32.8 Å². The quantitative estimate of drug-likeness (QED) is 0.375. The Balaban J connectivity index is 1.51. The third-order valence-electron chi connectivity index (χ3n) is 5.99. The van der Waals surface area contributed by atoms with Crippen LogP contribution in [0.3, 0.4) is 0 Å². The Bertz CT molecular complexity index is 1270. The van der Waals surface area contributed by atoms with E-state index in [9.17, 15) is 27.6 Å². The molecule has 1 fully saturated rings. The van der Waals surface area contributed by atoms with Crippen molar-refractivity contribution in [1.82, 2.24) is 25.2 Å². The van der Waals surface area contributed by atoms with Gasteiger partial charge in [0.05, 0.1) is 23.0 Å². The highest BCUT2D eigenvalue weighted by molar-refractivity contribution is 5.95. The Labute approximate surface area is 197 Å². The van der Waals surface area contributed by atoms with Crippen LogP contribution < -0.4 is 10.8 Å². The predicted octanol–water partition coefficient (Wildman–Crippen LogP) is 2.19. The Hall–Kier alpha value is -3.93. The SMILES string of the molecule is CC(=O)N1C[C@H](C(=O)NO)[C@H](NC(=O)c2ccc(Cn3c(C(F)(F)F)nc4ccccc43)cc2)C1. The lowest BCUT2D eigenvalue weighted by atomic mass is 10.0. The molecule has 2 atom stereocenters. The van der Waals surface area contributed by atoms with E-state index >= 15 is 0 Å². The van der Waals surface area contributed by atoms with E-state index in [0.717, 1.165) is 4.57 Å². The van der Waals surface area contributed by atoms with Crippen molar-refractivity contribution >= 4 is 28.8 Å². The summed E-state index contributed by atoms with van der Waals surface area (Å²) in [5.74, 6) is -3.35. The summed E-state index contributed by atoms with van der Waals surface area (Å²) in [6.07, 6.45) is -4.63. The molecule has 12 heteroatoms. The number of carbonyl (C=O) groups excluding carboxylic acids is 3. The molecule has 0 radical (unpaired) electrons. The third-order valence-corrected chi connectivity index (χ3v) is 5.99. The van der Waals surface area contributed by atoms with E-state index in [1.807, 2.05) is 0 Å². The van der Waals surface area contributed by atoms with E-state index in [0.29, 0.717) is 11.1 Å². The molecule has 1 aliphatic heterocycles. The van der Waals surface area contributed by atoms with Gasteiger partial charge in [-0.15, -0.1) is 0 Å². The summed E-state index contributed by atoms with van der Waals surface area (Å²) in [4.78, 5) is 41.5. The molecule has 1 aliphatic rings. The summed E-state index contributed by atoms with van der Waals surface area (Å²) < 4.78 is 41.7. The monoisotopic (exact) mass is 489 g/mol. The number of aromatic nitrogens is 2. The van der Waals surface area contributed by atoms with Crippen molar-refractivity contribution in [3.63, 3.8) is 0 Å². The Morgan fingerprint density at radius 1 is 1.09 bits per heavy atom. The Morgan fingerprint density at radius 3 is 2.40 bits per heavy atom. The second-order valence-corrected chi connectivity index (χ2v) is 8.29. The zero-order chi connectivity index (χ0) is 25.3. The number of alkyl halides is 3. The van der Waals surface area contributed by atoms with Crippen LogP contribution in [-0.2, 0) is 22.3 Å². The smallest absolute Gasteiger partial charge is 0.347 e. The molecule has 1 aromatic heterocycles. The first-order chi connectivity index (χ1) is 16.6. The largest absolute Gasteiger partial charge is 0.449 e. The highest BCUT2D eigenvalue weighted by Gasteiger charge is 2.40. The van der Waals surface area contributed by atoms with Crippen LogP contribution in [0, 0.1) is 5.92 Å². The van der Waals surface area contributed by atoms with Crippen LogP contribution in [0.1, 0.15) is 28.7 Å². The Kier molecular flexibility index (Phi) is 6.48. The minimum Gasteiger partial charge on any atom is -0.347 e. The van der Waals surface area contributed by atoms with E-state index in [-0.39, 0.29) is 36.6 Å². The van der Waals surface area contributed by atoms with E-state index in [1.165, 1.54) is 42.2 Å². The van der Waals surface area contributed by atoms with Gasteiger partial charge in [0.1, 0.15) is 0 Å². The molecule has 0 aliphatic carbocycles. The normalized spacial score (nSPS) is 18.0. The average Bonchev–Trinajstić information content (AvgIpc) is 3.41. The number of benzene rings is 2. The summed E-state index contributed by atoms with van der Waals surface area (Å²) in [5.41, 5.74) is 2.87. The molecule has 0 spiro atoms. The van der Waals surface area contributed by atoms with Gasteiger partial charge in [0, 0.05) is 32.1 Å². The maximum atomic E-state index is 13.5. The van der Waals surface area contributed by atoms with Gasteiger partial charge in [0.15, 0.2) is 0 Å². The van der Waals surface area contributed by atoms with Crippen molar-refractivity contribution in [1.29, 1.82) is 0 Å². The molecule has 3 N–H and O–H groups in total. The molecule has 0 saturated carbocycles. The molecule has 35 heavy (non-hydrogen) atoms. The molecule has 0 bridgehead atoms. The summed E-state index contributed by atoms with van der Waals surface area (Å²) in [6.45, 7) is 1.38. The number of nitrogens with one attached hydrogen (secondary N) is 2. The van der Waals surface area contributed by atoms with Gasteiger partial charge in [-0.05, 0) is 29.8 Å². The maximum absolute atomic E-state index is 13.5. The molecule has 2 heterocycles. The summed E-state index contributed by atoms with van der Waals surface area (Å²) in [6, 6.07) is 11.6. The number of halogens is 3. The Morgan fingerprint density at radius 2 is 1.77 bits per heavy atom. The predicted molar refractivity (Wildman–Crippen MR) is 117 cm³/mol. The fraction of sp³-hybridized carbons (Fsp3) is 0.304.